The lowest BCUT2D eigenvalue weighted by atomic mass is 10.1. The van der Waals surface area contributed by atoms with Crippen LogP contribution >= 0.6 is 0 Å². The predicted molar refractivity (Wildman–Crippen MR) is 62.3 cm³/mol. The molecule has 2 aromatic rings. The first-order valence-corrected chi connectivity index (χ1v) is 6.51. The predicted octanol–water partition coefficient (Wildman–Crippen LogP) is 2.45. The van der Waals surface area contributed by atoms with E-state index in [2.05, 4.69) is 20.3 Å². The van der Waals surface area contributed by atoms with Crippen molar-refractivity contribution in [3.05, 3.63) is 23.5 Å². The van der Waals surface area contributed by atoms with Crippen molar-refractivity contribution in [3.63, 3.8) is 0 Å². The van der Waals surface area contributed by atoms with Crippen LogP contribution in [0.3, 0.4) is 0 Å². The molecule has 3 rings (SSSR count). The summed E-state index contributed by atoms with van der Waals surface area (Å²) in [6, 6.07) is 0. The molecule has 1 fully saturated rings. The maximum Gasteiger partial charge on any atom is 0.248 e. The van der Waals surface area contributed by atoms with Gasteiger partial charge in [-0.15, -0.1) is 10.2 Å². The minimum atomic E-state index is -2.60. The second-order valence-electron chi connectivity index (χ2n) is 5.06. The van der Waals surface area contributed by atoms with Gasteiger partial charge in [-0.1, -0.05) is 5.16 Å². The zero-order chi connectivity index (χ0) is 14.2. The molecule has 0 radical (unpaired) electrons. The van der Waals surface area contributed by atoms with Crippen molar-refractivity contribution < 1.29 is 17.7 Å². The molecule has 1 aliphatic rings. The van der Waals surface area contributed by atoms with Crippen molar-refractivity contribution in [1.29, 1.82) is 0 Å². The molecular weight excluding hydrogens is 270 g/mol. The van der Waals surface area contributed by atoms with Gasteiger partial charge in [0.25, 0.3) is 0 Å². The van der Waals surface area contributed by atoms with Gasteiger partial charge < -0.3 is 8.94 Å². The minimum absolute atomic E-state index is 0.108. The summed E-state index contributed by atoms with van der Waals surface area (Å²) in [5, 5.41) is 11.4. The minimum Gasteiger partial charge on any atom is -0.426 e. The molecule has 6 nitrogen and oxygen atoms in total. The van der Waals surface area contributed by atoms with E-state index in [0.29, 0.717) is 42.8 Å². The summed E-state index contributed by atoms with van der Waals surface area (Å²) in [6.07, 6.45) is 1.04. The fourth-order valence-electron chi connectivity index (χ4n) is 2.36. The molecule has 0 aliphatic heterocycles. The van der Waals surface area contributed by atoms with E-state index >= 15 is 0 Å². The van der Waals surface area contributed by atoms with Crippen molar-refractivity contribution in [3.8, 4) is 0 Å². The largest absolute Gasteiger partial charge is 0.426 e. The summed E-state index contributed by atoms with van der Waals surface area (Å²) in [7, 11) is 0. The van der Waals surface area contributed by atoms with E-state index in [4.69, 9.17) is 8.94 Å². The van der Waals surface area contributed by atoms with Crippen LogP contribution in [0, 0.1) is 6.92 Å². The topological polar surface area (TPSA) is 77.8 Å². The third-order valence-electron chi connectivity index (χ3n) is 3.37. The second-order valence-corrected chi connectivity index (χ2v) is 5.06. The first-order chi connectivity index (χ1) is 9.52. The monoisotopic (exact) mass is 284 g/mol. The van der Waals surface area contributed by atoms with E-state index in [0.717, 1.165) is 0 Å². The summed E-state index contributed by atoms with van der Waals surface area (Å²) in [4.78, 5) is 4.18. The average molecular weight is 284 g/mol. The van der Waals surface area contributed by atoms with E-state index < -0.39 is 5.92 Å². The van der Waals surface area contributed by atoms with Crippen LogP contribution in [-0.2, 0) is 12.8 Å². The highest BCUT2D eigenvalue weighted by Crippen LogP contribution is 2.43. The SMILES string of the molecule is Cc1nnc(CCc2nc(C3CCC(F)(F)C3)no2)o1. The molecular formula is C12H14F2N4O2. The van der Waals surface area contributed by atoms with Crippen molar-refractivity contribution in [2.45, 2.75) is 50.9 Å². The van der Waals surface area contributed by atoms with E-state index in [9.17, 15) is 8.78 Å². The van der Waals surface area contributed by atoms with Gasteiger partial charge >= 0.3 is 0 Å². The van der Waals surface area contributed by atoms with Crippen molar-refractivity contribution in [1.82, 2.24) is 20.3 Å². The Labute approximate surface area is 113 Å². The Morgan fingerprint density at radius 1 is 1.25 bits per heavy atom. The molecule has 2 heterocycles. The fraction of sp³-hybridized carbons (Fsp3) is 0.667. The molecule has 0 spiro atoms. The van der Waals surface area contributed by atoms with Crippen molar-refractivity contribution >= 4 is 0 Å². The van der Waals surface area contributed by atoms with Gasteiger partial charge in [0.15, 0.2) is 5.82 Å². The molecule has 108 valence electrons. The highest BCUT2D eigenvalue weighted by atomic mass is 19.3. The maximum absolute atomic E-state index is 13.1. The highest BCUT2D eigenvalue weighted by Gasteiger charge is 2.41. The molecule has 1 saturated carbocycles. The first kappa shape index (κ1) is 13.1. The number of halogens is 2. The Bertz CT molecular complexity index is 596. The molecule has 0 saturated heterocycles. The van der Waals surface area contributed by atoms with E-state index in [-0.39, 0.29) is 18.8 Å². The van der Waals surface area contributed by atoms with Crippen molar-refractivity contribution in [2.24, 2.45) is 0 Å². The zero-order valence-corrected chi connectivity index (χ0v) is 11.0. The standard InChI is InChI=1S/C12H14F2N4O2/c1-7-16-17-10(19-7)3-2-9-15-11(18-20-9)8-4-5-12(13,14)6-8/h8H,2-6H2,1H3. The third-order valence-corrected chi connectivity index (χ3v) is 3.37. The molecule has 0 aromatic carbocycles. The first-order valence-electron chi connectivity index (χ1n) is 6.51. The summed E-state index contributed by atoms with van der Waals surface area (Å²) >= 11 is 0. The molecule has 8 heteroatoms. The fourth-order valence-corrected chi connectivity index (χ4v) is 2.36. The van der Waals surface area contributed by atoms with E-state index in [1.807, 2.05) is 0 Å². The van der Waals surface area contributed by atoms with Crippen LogP contribution in [0.1, 0.15) is 48.7 Å². The van der Waals surface area contributed by atoms with Gasteiger partial charge in [0.05, 0.1) is 0 Å². The van der Waals surface area contributed by atoms with E-state index in [1.54, 1.807) is 6.92 Å². The van der Waals surface area contributed by atoms with Gasteiger partial charge in [0.2, 0.25) is 23.6 Å². The molecule has 0 bridgehead atoms. The highest BCUT2D eigenvalue weighted by molar-refractivity contribution is 5.02. The lowest BCUT2D eigenvalue weighted by Crippen LogP contribution is -2.09. The third kappa shape index (κ3) is 2.83. The molecule has 1 aliphatic carbocycles. The van der Waals surface area contributed by atoms with Crippen LogP contribution in [0.4, 0.5) is 8.78 Å². The smallest absolute Gasteiger partial charge is 0.248 e. The Morgan fingerprint density at radius 2 is 2.05 bits per heavy atom. The van der Waals surface area contributed by atoms with Gasteiger partial charge in [-0.05, 0) is 6.42 Å². The number of aromatic nitrogens is 4. The number of rotatable bonds is 4. The zero-order valence-electron chi connectivity index (χ0n) is 11.0. The van der Waals surface area contributed by atoms with Crippen LogP contribution in [0.2, 0.25) is 0 Å². The molecule has 1 atom stereocenters. The van der Waals surface area contributed by atoms with Crippen LogP contribution in [0.25, 0.3) is 0 Å². The molecule has 0 N–H and O–H groups in total. The number of hydrogen-bond donors (Lipinski definition) is 0. The van der Waals surface area contributed by atoms with Gasteiger partial charge in [0, 0.05) is 38.5 Å². The maximum atomic E-state index is 13.1. The summed E-state index contributed by atoms with van der Waals surface area (Å²) in [5.74, 6) is -1.14. The van der Waals surface area contributed by atoms with Gasteiger partial charge in [-0.3, -0.25) is 0 Å². The number of nitrogens with zero attached hydrogens (tertiary/aromatic N) is 4. The summed E-state index contributed by atoms with van der Waals surface area (Å²) < 4.78 is 36.6. The Kier molecular flexibility index (Phi) is 3.23. The number of hydrogen-bond acceptors (Lipinski definition) is 6. The Balaban J connectivity index is 1.60. The van der Waals surface area contributed by atoms with Crippen LogP contribution in [0.5, 0.6) is 0 Å². The number of aryl methyl sites for hydroxylation is 3. The van der Waals surface area contributed by atoms with Crippen LogP contribution in [0.15, 0.2) is 8.94 Å². The normalized spacial score (nSPS) is 21.4. The Hall–Kier alpha value is -1.86. The molecule has 1 unspecified atom stereocenters. The van der Waals surface area contributed by atoms with Gasteiger partial charge in [-0.2, -0.15) is 4.98 Å². The van der Waals surface area contributed by atoms with Gasteiger partial charge in [0.1, 0.15) is 0 Å². The quantitative estimate of drug-likeness (QED) is 0.858. The lowest BCUT2D eigenvalue weighted by molar-refractivity contribution is 0.00749. The molecule has 2 aromatic heterocycles. The van der Waals surface area contributed by atoms with Crippen LogP contribution < -0.4 is 0 Å². The average Bonchev–Trinajstić information content (AvgIpc) is 3.07. The second kappa shape index (κ2) is 4.92. The number of alkyl halides is 2. The van der Waals surface area contributed by atoms with E-state index in [1.165, 1.54) is 0 Å². The lowest BCUT2D eigenvalue weighted by Gasteiger charge is -2.06. The summed E-state index contributed by atoms with van der Waals surface area (Å²) in [5.41, 5.74) is 0. The molecule has 20 heavy (non-hydrogen) atoms. The summed E-state index contributed by atoms with van der Waals surface area (Å²) in [6.45, 7) is 1.71. The van der Waals surface area contributed by atoms with Crippen molar-refractivity contribution in [2.75, 3.05) is 0 Å². The van der Waals surface area contributed by atoms with Gasteiger partial charge in [-0.25, -0.2) is 8.78 Å². The van der Waals surface area contributed by atoms with Crippen LogP contribution in [-0.4, -0.2) is 26.3 Å². The molecule has 0 amide bonds. The Morgan fingerprint density at radius 3 is 2.70 bits per heavy atom.